The van der Waals surface area contributed by atoms with Gasteiger partial charge in [-0.25, -0.2) is 9.78 Å². The monoisotopic (exact) mass is 373 g/mol. The van der Waals surface area contributed by atoms with E-state index in [0.29, 0.717) is 17.0 Å². The van der Waals surface area contributed by atoms with E-state index in [0.717, 1.165) is 50.4 Å². The first-order valence-electron chi connectivity index (χ1n) is 9.88. The SMILES string of the molecule is O=C(O)c1cc(N2CCN(C3Cc4ccccc4C3)CC2)nc2ccccc12. The van der Waals surface area contributed by atoms with Crippen molar-refractivity contribution < 1.29 is 9.90 Å². The number of hydrogen-bond acceptors (Lipinski definition) is 4. The lowest BCUT2D eigenvalue weighted by Crippen LogP contribution is -2.51. The van der Waals surface area contributed by atoms with E-state index in [1.54, 1.807) is 6.07 Å². The summed E-state index contributed by atoms with van der Waals surface area (Å²) in [6.07, 6.45) is 2.27. The van der Waals surface area contributed by atoms with Crippen LogP contribution in [0.25, 0.3) is 10.9 Å². The summed E-state index contributed by atoms with van der Waals surface area (Å²) in [5.41, 5.74) is 4.04. The molecule has 0 spiro atoms. The first-order chi connectivity index (χ1) is 13.7. The van der Waals surface area contributed by atoms with Crippen molar-refractivity contribution in [1.29, 1.82) is 0 Å². The van der Waals surface area contributed by atoms with Gasteiger partial charge >= 0.3 is 5.97 Å². The van der Waals surface area contributed by atoms with Gasteiger partial charge in [0.1, 0.15) is 5.82 Å². The highest BCUT2D eigenvalue weighted by Gasteiger charge is 2.29. The Labute approximate surface area is 164 Å². The Bertz CT molecular complexity index is 1020. The quantitative estimate of drug-likeness (QED) is 0.764. The third-order valence-corrected chi connectivity index (χ3v) is 6.12. The molecule has 1 aliphatic carbocycles. The van der Waals surface area contributed by atoms with Gasteiger partial charge < -0.3 is 10.0 Å². The molecule has 5 rings (SSSR count). The molecule has 0 radical (unpaired) electrons. The molecular formula is C23H23N3O2. The maximum absolute atomic E-state index is 11.7. The minimum Gasteiger partial charge on any atom is -0.478 e. The second kappa shape index (κ2) is 6.91. The third kappa shape index (κ3) is 3.02. The highest BCUT2D eigenvalue weighted by atomic mass is 16.4. The average molecular weight is 373 g/mol. The van der Waals surface area contributed by atoms with Gasteiger partial charge in [0.05, 0.1) is 11.1 Å². The Morgan fingerprint density at radius 1 is 0.929 bits per heavy atom. The van der Waals surface area contributed by atoms with Crippen LogP contribution in [0.1, 0.15) is 21.5 Å². The third-order valence-electron chi connectivity index (χ3n) is 6.12. The van der Waals surface area contributed by atoms with Gasteiger partial charge in [-0.2, -0.15) is 0 Å². The van der Waals surface area contributed by atoms with E-state index in [1.165, 1.54) is 11.1 Å². The standard InChI is InChI=1S/C23H23N3O2/c27-23(28)20-15-22(24-21-8-4-3-7-19(20)21)26-11-9-25(10-12-26)18-13-16-5-1-2-6-17(16)14-18/h1-8,15,18H,9-14H2,(H,27,28). The Hall–Kier alpha value is -2.92. The van der Waals surface area contributed by atoms with Crippen molar-refractivity contribution in [3.63, 3.8) is 0 Å². The molecule has 5 heteroatoms. The van der Waals surface area contributed by atoms with Crippen molar-refractivity contribution >= 4 is 22.7 Å². The van der Waals surface area contributed by atoms with Crippen LogP contribution >= 0.6 is 0 Å². The average Bonchev–Trinajstić information content (AvgIpc) is 3.17. The predicted molar refractivity (Wildman–Crippen MR) is 110 cm³/mol. The molecule has 1 saturated heterocycles. The second-order valence-electron chi connectivity index (χ2n) is 7.70. The fraction of sp³-hybridized carbons (Fsp3) is 0.304. The summed E-state index contributed by atoms with van der Waals surface area (Å²) < 4.78 is 0. The van der Waals surface area contributed by atoms with Gasteiger partial charge in [-0.3, -0.25) is 4.90 Å². The van der Waals surface area contributed by atoms with E-state index in [1.807, 2.05) is 24.3 Å². The van der Waals surface area contributed by atoms with E-state index in [9.17, 15) is 9.90 Å². The molecule has 142 valence electrons. The first-order valence-corrected chi connectivity index (χ1v) is 9.88. The van der Waals surface area contributed by atoms with Crippen LogP contribution in [0.3, 0.4) is 0 Å². The van der Waals surface area contributed by atoms with Crippen LogP contribution in [0.5, 0.6) is 0 Å². The van der Waals surface area contributed by atoms with Crippen LogP contribution < -0.4 is 4.90 Å². The Balaban J connectivity index is 1.33. The molecule has 1 N–H and O–H groups in total. The number of carboxylic acid groups (broad SMARTS) is 1. The fourth-order valence-corrected chi connectivity index (χ4v) is 4.61. The van der Waals surface area contributed by atoms with Crippen LogP contribution in [0.2, 0.25) is 0 Å². The number of rotatable bonds is 3. The van der Waals surface area contributed by atoms with E-state index in [-0.39, 0.29) is 0 Å². The number of fused-ring (bicyclic) bond motifs is 2. The summed E-state index contributed by atoms with van der Waals surface area (Å²) in [6.45, 7) is 3.71. The number of nitrogens with zero attached hydrogens (tertiary/aromatic N) is 3. The van der Waals surface area contributed by atoms with Crippen LogP contribution in [-0.2, 0) is 12.8 Å². The van der Waals surface area contributed by atoms with Crippen molar-refractivity contribution in [3.05, 3.63) is 71.3 Å². The highest BCUT2D eigenvalue weighted by Crippen LogP contribution is 2.28. The molecular weight excluding hydrogens is 350 g/mol. The van der Waals surface area contributed by atoms with Gasteiger partial charge in [0.2, 0.25) is 0 Å². The number of aromatic carboxylic acids is 1. The van der Waals surface area contributed by atoms with E-state index >= 15 is 0 Å². The lowest BCUT2D eigenvalue weighted by molar-refractivity contribution is 0.0699. The Kier molecular flexibility index (Phi) is 4.24. The normalized spacial score (nSPS) is 17.8. The van der Waals surface area contributed by atoms with Crippen molar-refractivity contribution in [3.8, 4) is 0 Å². The molecule has 0 amide bonds. The summed E-state index contributed by atoms with van der Waals surface area (Å²) in [7, 11) is 0. The molecule has 2 aromatic carbocycles. The van der Waals surface area contributed by atoms with Gasteiger partial charge in [0, 0.05) is 37.6 Å². The van der Waals surface area contributed by atoms with Crippen LogP contribution in [0, 0.1) is 0 Å². The molecule has 5 nitrogen and oxygen atoms in total. The van der Waals surface area contributed by atoms with E-state index in [2.05, 4.69) is 34.1 Å². The minimum atomic E-state index is -0.901. The first kappa shape index (κ1) is 17.2. The van der Waals surface area contributed by atoms with Crippen LogP contribution in [0.4, 0.5) is 5.82 Å². The molecule has 2 heterocycles. The molecule has 1 fully saturated rings. The van der Waals surface area contributed by atoms with Crippen LogP contribution in [0.15, 0.2) is 54.6 Å². The maximum atomic E-state index is 11.7. The van der Waals surface area contributed by atoms with Gasteiger partial charge in [-0.05, 0) is 36.1 Å². The molecule has 0 unspecified atom stereocenters. The number of aromatic nitrogens is 1. The van der Waals surface area contributed by atoms with Crippen molar-refractivity contribution in [2.24, 2.45) is 0 Å². The summed E-state index contributed by atoms with van der Waals surface area (Å²) in [6, 6.07) is 18.5. The predicted octanol–water partition coefficient (Wildman–Crippen LogP) is 3.22. The zero-order chi connectivity index (χ0) is 19.1. The Morgan fingerprint density at radius 2 is 1.57 bits per heavy atom. The smallest absolute Gasteiger partial charge is 0.336 e. The summed E-state index contributed by atoms with van der Waals surface area (Å²) >= 11 is 0. The number of para-hydroxylation sites is 1. The van der Waals surface area contributed by atoms with Crippen molar-refractivity contribution in [1.82, 2.24) is 9.88 Å². The molecule has 0 bridgehead atoms. The number of pyridine rings is 1. The number of piperazine rings is 1. The Morgan fingerprint density at radius 3 is 2.25 bits per heavy atom. The van der Waals surface area contributed by atoms with Gasteiger partial charge in [-0.1, -0.05) is 42.5 Å². The summed E-state index contributed by atoms with van der Waals surface area (Å²) in [5, 5.41) is 10.3. The van der Waals surface area contributed by atoms with E-state index in [4.69, 9.17) is 4.98 Å². The van der Waals surface area contributed by atoms with E-state index < -0.39 is 5.97 Å². The van der Waals surface area contributed by atoms with Gasteiger partial charge in [0.15, 0.2) is 0 Å². The zero-order valence-electron chi connectivity index (χ0n) is 15.7. The molecule has 2 aliphatic rings. The maximum Gasteiger partial charge on any atom is 0.336 e. The largest absolute Gasteiger partial charge is 0.478 e. The number of carbonyl (C=O) groups is 1. The minimum absolute atomic E-state index is 0.328. The second-order valence-corrected chi connectivity index (χ2v) is 7.70. The molecule has 1 aromatic heterocycles. The summed E-state index contributed by atoms with van der Waals surface area (Å²) in [5.74, 6) is -0.132. The van der Waals surface area contributed by atoms with Crippen molar-refractivity contribution in [2.75, 3.05) is 31.1 Å². The fourth-order valence-electron chi connectivity index (χ4n) is 4.61. The molecule has 1 aliphatic heterocycles. The van der Waals surface area contributed by atoms with Gasteiger partial charge in [0.25, 0.3) is 0 Å². The topological polar surface area (TPSA) is 56.7 Å². The lowest BCUT2D eigenvalue weighted by atomic mass is 10.1. The van der Waals surface area contributed by atoms with Gasteiger partial charge in [-0.15, -0.1) is 0 Å². The zero-order valence-corrected chi connectivity index (χ0v) is 15.7. The summed E-state index contributed by atoms with van der Waals surface area (Å²) in [4.78, 5) is 21.3. The molecule has 3 aromatic rings. The highest BCUT2D eigenvalue weighted by molar-refractivity contribution is 6.03. The number of benzene rings is 2. The number of anilines is 1. The lowest BCUT2D eigenvalue weighted by Gasteiger charge is -2.38. The van der Waals surface area contributed by atoms with Crippen LogP contribution in [-0.4, -0.2) is 53.2 Å². The molecule has 0 atom stereocenters. The number of hydrogen-bond donors (Lipinski definition) is 1. The number of carboxylic acids is 1. The molecule has 28 heavy (non-hydrogen) atoms. The van der Waals surface area contributed by atoms with Crippen molar-refractivity contribution in [2.45, 2.75) is 18.9 Å². The molecule has 0 saturated carbocycles.